The van der Waals surface area contributed by atoms with E-state index in [1.165, 1.54) is 0 Å². The molecule has 76 valence electrons. The summed E-state index contributed by atoms with van der Waals surface area (Å²) in [6.07, 6.45) is 3.71. The molecule has 2 nitrogen and oxygen atoms in total. The predicted octanol–water partition coefficient (Wildman–Crippen LogP) is 3.13. The summed E-state index contributed by atoms with van der Waals surface area (Å²) < 4.78 is 0. The summed E-state index contributed by atoms with van der Waals surface area (Å²) in [6.45, 7) is 4.00. The lowest BCUT2D eigenvalue weighted by molar-refractivity contribution is -0.142. The minimum Gasteiger partial charge on any atom is -0.481 e. The van der Waals surface area contributed by atoms with Crippen LogP contribution in [-0.4, -0.2) is 11.1 Å². The normalized spacial score (nSPS) is 10.8. The van der Waals surface area contributed by atoms with Crippen molar-refractivity contribution in [3.8, 4) is 0 Å². The van der Waals surface area contributed by atoms with E-state index in [4.69, 9.17) is 5.11 Å². The molecule has 0 aromatic carbocycles. The molecule has 0 radical (unpaired) electrons. The number of halogens is 2. The lowest BCUT2D eigenvalue weighted by atomic mass is 10.00. The second-order valence-electron chi connectivity index (χ2n) is 2.59. The lowest BCUT2D eigenvalue weighted by Crippen LogP contribution is -2.11. The van der Waals surface area contributed by atoms with Gasteiger partial charge in [0.2, 0.25) is 0 Å². The minimum absolute atomic E-state index is 0. The Morgan fingerprint density at radius 2 is 1.83 bits per heavy atom. The number of hydrogen-bond donors (Lipinski definition) is 1. The van der Waals surface area contributed by atoms with Crippen LogP contribution in [-0.2, 0) is 4.79 Å². The van der Waals surface area contributed by atoms with Gasteiger partial charge in [-0.25, -0.2) is 0 Å². The third-order valence-corrected chi connectivity index (χ3v) is 1.75. The molecule has 0 aromatic rings. The SMILES string of the molecule is CCCCC(CC)C(=O)O.Cl.Cl. The van der Waals surface area contributed by atoms with Crippen molar-refractivity contribution in [2.75, 3.05) is 0 Å². The Labute approximate surface area is 86.6 Å². The van der Waals surface area contributed by atoms with Gasteiger partial charge >= 0.3 is 5.97 Å². The number of hydrogen-bond acceptors (Lipinski definition) is 1. The van der Waals surface area contributed by atoms with Gasteiger partial charge in [-0.2, -0.15) is 0 Å². The van der Waals surface area contributed by atoms with E-state index in [-0.39, 0.29) is 30.7 Å². The highest BCUT2D eigenvalue weighted by Gasteiger charge is 2.12. The maximum Gasteiger partial charge on any atom is 0.306 e. The van der Waals surface area contributed by atoms with Crippen LogP contribution >= 0.6 is 24.8 Å². The average molecular weight is 217 g/mol. The zero-order valence-corrected chi connectivity index (χ0v) is 9.21. The highest BCUT2D eigenvalue weighted by atomic mass is 35.5. The molecule has 0 rings (SSSR count). The van der Waals surface area contributed by atoms with Gasteiger partial charge in [0.25, 0.3) is 0 Å². The Hall–Kier alpha value is 0.0500. The topological polar surface area (TPSA) is 37.3 Å². The number of aliphatic carboxylic acids is 1. The summed E-state index contributed by atoms with van der Waals surface area (Å²) in [5.41, 5.74) is 0. The van der Waals surface area contributed by atoms with Gasteiger partial charge in [-0.05, 0) is 12.8 Å². The smallest absolute Gasteiger partial charge is 0.306 e. The molecule has 0 saturated heterocycles. The zero-order valence-electron chi connectivity index (χ0n) is 7.58. The van der Waals surface area contributed by atoms with Gasteiger partial charge in [0, 0.05) is 0 Å². The van der Waals surface area contributed by atoms with Crippen LogP contribution in [0, 0.1) is 5.92 Å². The minimum atomic E-state index is -0.643. The highest BCUT2D eigenvalue weighted by Crippen LogP contribution is 2.11. The van der Waals surface area contributed by atoms with Gasteiger partial charge < -0.3 is 5.11 Å². The molecule has 0 heterocycles. The van der Waals surface area contributed by atoms with E-state index in [0.29, 0.717) is 0 Å². The molecule has 1 atom stereocenters. The molecule has 1 N–H and O–H groups in total. The number of carboxylic acid groups (broad SMARTS) is 1. The standard InChI is InChI=1S/C8H16O2.2ClH/c1-3-5-6-7(4-2)8(9)10;;/h7H,3-6H2,1-2H3,(H,9,10);2*1H. The van der Waals surface area contributed by atoms with E-state index in [9.17, 15) is 4.79 Å². The van der Waals surface area contributed by atoms with Crippen molar-refractivity contribution >= 4 is 30.8 Å². The van der Waals surface area contributed by atoms with E-state index < -0.39 is 5.97 Å². The number of carbonyl (C=O) groups is 1. The van der Waals surface area contributed by atoms with Crippen molar-refractivity contribution in [1.29, 1.82) is 0 Å². The van der Waals surface area contributed by atoms with Crippen LogP contribution in [0.25, 0.3) is 0 Å². The first kappa shape index (κ1) is 18.0. The van der Waals surface area contributed by atoms with E-state index in [1.807, 2.05) is 6.92 Å². The van der Waals surface area contributed by atoms with Crippen LogP contribution in [0.3, 0.4) is 0 Å². The fourth-order valence-corrected chi connectivity index (χ4v) is 0.953. The van der Waals surface area contributed by atoms with Crippen LogP contribution in [0.4, 0.5) is 0 Å². The second-order valence-corrected chi connectivity index (χ2v) is 2.59. The largest absolute Gasteiger partial charge is 0.481 e. The third kappa shape index (κ3) is 8.15. The molecule has 0 spiro atoms. The maximum absolute atomic E-state index is 10.4. The third-order valence-electron chi connectivity index (χ3n) is 1.75. The van der Waals surface area contributed by atoms with E-state index >= 15 is 0 Å². The average Bonchev–Trinajstić information content (AvgIpc) is 1.89. The second kappa shape index (κ2) is 11.1. The molecule has 4 heteroatoms. The maximum atomic E-state index is 10.4. The van der Waals surface area contributed by atoms with E-state index in [0.717, 1.165) is 25.7 Å². The summed E-state index contributed by atoms with van der Waals surface area (Å²) >= 11 is 0. The van der Waals surface area contributed by atoms with Crippen LogP contribution < -0.4 is 0 Å². The molecule has 0 bridgehead atoms. The molecular weight excluding hydrogens is 199 g/mol. The van der Waals surface area contributed by atoms with E-state index in [2.05, 4.69) is 6.92 Å². The molecule has 0 fully saturated rings. The van der Waals surface area contributed by atoms with E-state index in [1.54, 1.807) is 0 Å². The molecule has 0 aliphatic heterocycles. The Morgan fingerprint density at radius 1 is 1.33 bits per heavy atom. The molecule has 0 aliphatic rings. The lowest BCUT2D eigenvalue weighted by Gasteiger charge is -2.06. The first-order valence-corrected chi connectivity index (χ1v) is 3.95. The number of unbranched alkanes of at least 4 members (excludes halogenated alkanes) is 1. The molecule has 0 saturated carbocycles. The highest BCUT2D eigenvalue weighted by molar-refractivity contribution is 5.85. The Balaban J connectivity index is -0.000000405. The zero-order chi connectivity index (χ0) is 7.98. The summed E-state index contributed by atoms with van der Waals surface area (Å²) in [6, 6.07) is 0. The first-order valence-electron chi connectivity index (χ1n) is 3.95. The van der Waals surface area contributed by atoms with Crippen molar-refractivity contribution in [2.45, 2.75) is 39.5 Å². The molecule has 12 heavy (non-hydrogen) atoms. The van der Waals surface area contributed by atoms with Crippen LogP contribution in [0.15, 0.2) is 0 Å². The molecule has 1 unspecified atom stereocenters. The Morgan fingerprint density at radius 3 is 2.08 bits per heavy atom. The quantitative estimate of drug-likeness (QED) is 0.768. The summed E-state index contributed by atoms with van der Waals surface area (Å²) in [4.78, 5) is 10.4. The van der Waals surface area contributed by atoms with Gasteiger partial charge in [-0.15, -0.1) is 24.8 Å². The van der Waals surface area contributed by atoms with Crippen LogP contribution in [0.5, 0.6) is 0 Å². The summed E-state index contributed by atoms with van der Waals surface area (Å²) in [5, 5.41) is 8.60. The fraction of sp³-hybridized carbons (Fsp3) is 0.875. The fourth-order valence-electron chi connectivity index (χ4n) is 0.953. The number of rotatable bonds is 5. The van der Waals surface area contributed by atoms with Gasteiger partial charge in [0.05, 0.1) is 5.92 Å². The van der Waals surface area contributed by atoms with Gasteiger partial charge in [0.15, 0.2) is 0 Å². The molecule has 0 amide bonds. The van der Waals surface area contributed by atoms with Crippen LogP contribution in [0.2, 0.25) is 0 Å². The van der Waals surface area contributed by atoms with Gasteiger partial charge in [-0.3, -0.25) is 4.79 Å². The van der Waals surface area contributed by atoms with Crippen molar-refractivity contribution in [2.24, 2.45) is 5.92 Å². The van der Waals surface area contributed by atoms with Crippen molar-refractivity contribution in [1.82, 2.24) is 0 Å². The van der Waals surface area contributed by atoms with Crippen molar-refractivity contribution < 1.29 is 9.90 Å². The molecule has 0 aromatic heterocycles. The summed E-state index contributed by atoms with van der Waals surface area (Å²) in [5.74, 6) is -0.754. The van der Waals surface area contributed by atoms with Gasteiger partial charge in [0.1, 0.15) is 0 Å². The first-order chi connectivity index (χ1) is 4.72. The monoisotopic (exact) mass is 216 g/mol. The Bertz CT molecular complexity index is 107. The molecule has 0 aliphatic carbocycles. The van der Waals surface area contributed by atoms with Crippen molar-refractivity contribution in [3.05, 3.63) is 0 Å². The predicted molar refractivity (Wildman–Crippen MR) is 55.4 cm³/mol. The van der Waals surface area contributed by atoms with Gasteiger partial charge in [-0.1, -0.05) is 26.7 Å². The van der Waals surface area contributed by atoms with Crippen LogP contribution in [0.1, 0.15) is 39.5 Å². The summed E-state index contributed by atoms with van der Waals surface area (Å²) in [7, 11) is 0. The molecular formula is C8H18Cl2O2. The Kier molecular flexibility index (Phi) is 16.5. The number of carboxylic acids is 1. The van der Waals surface area contributed by atoms with Crippen molar-refractivity contribution in [3.63, 3.8) is 0 Å².